The summed E-state index contributed by atoms with van der Waals surface area (Å²) in [4.78, 5) is 72.8. The molecule has 0 fully saturated rings. The topological polar surface area (TPSA) is 237 Å². The largest absolute Gasteiger partial charge is 0.472 e. The summed E-state index contributed by atoms with van der Waals surface area (Å²) in [7, 11) is -9.91. The van der Waals surface area contributed by atoms with Crippen molar-refractivity contribution in [3.63, 3.8) is 0 Å². The highest BCUT2D eigenvalue weighted by molar-refractivity contribution is 7.47. The maximum absolute atomic E-state index is 13.1. The molecule has 19 heteroatoms. The van der Waals surface area contributed by atoms with Crippen LogP contribution in [0, 0.1) is 11.8 Å². The van der Waals surface area contributed by atoms with Crippen LogP contribution in [0.5, 0.6) is 0 Å². The van der Waals surface area contributed by atoms with Crippen LogP contribution >= 0.6 is 15.6 Å². The Balaban J connectivity index is 5.23. The number of carbonyl (C=O) groups excluding carboxylic acids is 4. The van der Waals surface area contributed by atoms with Crippen molar-refractivity contribution in [3.05, 3.63) is 0 Å². The minimum absolute atomic E-state index is 0.107. The molecule has 0 spiro atoms. The standard InChI is InChI=1S/C76H148O17P2/c1-7-10-12-14-16-18-20-22-23-24-25-26-27-29-31-37-41-49-55-61-75(80)92-71(64-86-73(78)58-52-46-39-35-33-32-34-38-44-50-56-68(4)5)66-90-94(82,83)88-62-70(77)63-89-95(84,85)91-67-72(65-87-74(79)59-53-47-43-42-45-51-57-69(6)9-3)93-76(81)60-54-48-40-36-30-28-21-19-17-15-13-11-8-2/h68-72,77H,7-67H2,1-6H3,(H,82,83)(H,84,85)/t69?,70-,71-,72-/m1/s1. The van der Waals surface area contributed by atoms with Gasteiger partial charge in [0, 0.05) is 25.7 Å². The number of phosphoric ester groups is 2. The Kier molecular flexibility index (Phi) is 66.5. The molecule has 0 aliphatic heterocycles. The van der Waals surface area contributed by atoms with E-state index in [0.717, 1.165) is 108 Å². The Bertz CT molecular complexity index is 1840. The molecule has 0 amide bonds. The Labute approximate surface area is 581 Å². The zero-order chi connectivity index (χ0) is 70.0. The minimum atomic E-state index is -4.96. The van der Waals surface area contributed by atoms with Crippen LogP contribution in [0.25, 0.3) is 0 Å². The van der Waals surface area contributed by atoms with Crippen molar-refractivity contribution in [1.29, 1.82) is 0 Å². The summed E-state index contributed by atoms with van der Waals surface area (Å²) < 4.78 is 68.5. The van der Waals surface area contributed by atoms with Gasteiger partial charge >= 0.3 is 39.5 Å². The number of aliphatic hydroxyl groups excluding tert-OH is 1. The van der Waals surface area contributed by atoms with E-state index < -0.39 is 97.5 Å². The van der Waals surface area contributed by atoms with Crippen molar-refractivity contribution in [2.75, 3.05) is 39.6 Å². The van der Waals surface area contributed by atoms with Crippen molar-refractivity contribution in [1.82, 2.24) is 0 Å². The Morgan fingerprint density at radius 2 is 0.537 bits per heavy atom. The Morgan fingerprint density at radius 3 is 0.800 bits per heavy atom. The molecule has 564 valence electrons. The molecule has 0 heterocycles. The third-order valence-electron chi connectivity index (χ3n) is 18.1. The number of ether oxygens (including phenoxy) is 4. The third kappa shape index (κ3) is 69.0. The van der Waals surface area contributed by atoms with Gasteiger partial charge in [0.25, 0.3) is 0 Å². The van der Waals surface area contributed by atoms with Gasteiger partial charge in [0.15, 0.2) is 12.2 Å². The number of carbonyl (C=O) groups is 4. The molecular weight excluding hydrogens is 1250 g/mol. The zero-order valence-electron chi connectivity index (χ0n) is 62.0. The summed E-state index contributed by atoms with van der Waals surface area (Å²) in [5.41, 5.74) is 0. The highest BCUT2D eigenvalue weighted by Gasteiger charge is 2.30. The number of rotatable bonds is 75. The molecule has 6 atom stereocenters. The number of aliphatic hydroxyl groups is 1. The molecule has 0 aliphatic carbocycles. The molecule has 17 nitrogen and oxygen atoms in total. The summed E-state index contributed by atoms with van der Waals surface area (Å²) in [6, 6.07) is 0. The van der Waals surface area contributed by atoms with Gasteiger partial charge in [0.1, 0.15) is 19.3 Å². The first-order chi connectivity index (χ1) is 45.9. The molecule has 0 aromatic heterocycles. The van der Waals surface area contributed by atoms with Crippen LogP contribution in [-0.2, 0) is 65.4 Å². The van der Waals surface area contributed by atoms with E-state index in [1.165, 1.54) is 205 Å². The normalized spacial score (nSPS) is 14.3. The average molecular weight is 1400 g/mol. The first-order valence-corrected chi connectivity index (χ1v) is 42.5. The SMILES string of the molecule is CCCCCCCCCCCCCCCCCCCCCC(=O)O[C@H](COC(=O)CCCCCCCCCCCCC(C)C)COP(=O)(O)OC[C@@H](O)COP(=O)(O)OC[C@@H](COC(=O)CCCCCCCCC(C)CC)OC(=O)CCCCCCCCCCCCCCC. The number of hydrogen-bond donors (Lipinski definition) is 3. The lowest BCUT2D eigenvalue weighted by Crippen LogP contribution is -2.30. The number of unbranched alkanes of at least 4 members (excludes halogenated alkanes) is 44. The molecule has 3 unspecified atom stereocenters. The minimum Gasteiger partial charge on any atom is -0.462 e. The quantitative estimate of drug-likeness (QED) is 0.0222. The van der Waals surface area contributed by atoms with Crippen LogP contribution in [0.4, 0.5) is 0 Å². The van der Waals surface area contributed by atoms with Crippen LogP contribution in [0.3, 0.4) is 0 Å². The Hall–Kier alpha value is -1.94. The van der Waals surface area contributed by atoms with Gasteiger partial charge in [0.05, 0.1) is 26.4 Å². The van der Waals surface area contributed by atoms with Gasteiger partial charge in [-0.2, -0.15) is 0 Å². The lowest BCUT2D eigenvalue weighted by Gasteiger charge is -2.21. The third-order valence-corrected chi connectivity index (χ3v) is 20.0. The summed E-state index contributed by atoms with van der Waals surface area (Å²) in [6.07, 6.45) is 55.5. The molecule has 95 heavy (non-hydrogen) atoms. The zero-order valence-corrected chi connectivity index (χ0v) is 63.8. The highest BCUT2D eigenvalue weighted by Crippen LogP contribution is 2.45. The van der Waals surface area contributed by atoms with Crippen LogP contribution in [0.15, 0.2) is 0 Å². The predicted molar refractivity (Wildman–Crippen MR) is 386 cm³/mol. The van der Waals surface area contributed by atoms with E-state index in [2.05, 4.69) is 41.5 Å². The van der Waals surface area contributed by atoms with Gasteiger partial charge in [-0.1, -0.05) is 343 Å². The maximum Gasteiger partial charge on any atom is 0.472 e. The van der Waals surface area contributed by atoms with Crippen molar-refractivity contribution in [3.8, 4) is 0 Å². The summed E-state index contributed by atoms with van der Waals surface area (Å²) in [6.45, 7) is 9.55. The van der Waals surface area contributed by atoms with E-state index in [0.29, 0.717) is 25.7 Å². The molecule has 0 saturated carbocycles. The maximum atomic E-state index is 13.1. The number of esters is 4. The highest BCUT2D eigenvalue weighted by atomic mass is 31.2. The molecular formula is C76H148O17P2. The van der Waals surface area contributed by atoms with E-state index in [1.807, 2.05) is 0 Å². The summed E-state index contributed by atoms with van der Waals surface area (Å²) >= 11 is 0. The van der Waals surface area contributed by atoms with Crippen LogP contribution in [0.1, 0.15) is 395 Å². The summed E-state index contributed by atoms with van der Waals surface area (Å²) in [5.74, 6) is -0.626. The van der Waals surface area contributed by atoms with Crippen LogP contribution < -0.4 is 0 Å². The van der Waals surface area contributed by atoms with Gasteiger partial charge in [-0.3, -0.25) is 37.3 Å². The van der Waals surface area contributed by atoms with Crippen molar-refractivity contribution in [2.45, 2.75) is 413 Å². The fourth-order valence-corrected chi connectivity index (χ4v) is 13.2. The van der Waals surface area contributed by atoms with Crippen LogP contribution in [0.2, 0.25) is 0 Å². The van der Waals surface area contributed by atoms with Gasteiger partial charge < -0.3 is 33.8 Å². The molecule has 0 radical (unpaired) electrons. The second-order valence-electron chi connectivity index (χ2n) is 28.1. The fourth-order valence-electron chi connectivity index (χ4n) is 11.6. The average Bonchev–Trinajstić information content (AvgIpc) is 2.86. The lowest BCUT2D eigenvalue weighted by molar-refractivity contribution is -0.161. The van der Waals surface area contributed by atoms with Gasteiger partial charge in [-0.05, 0) is 37.5 Å². The van der Waals surface area contributed by atoms with Crippen molar-refractivity contribution >= 4 is 39.5 Å². The molecule has 3 N–H and O–H groups in total. The first kappa shape index (κ1) is 93.1. The second kappa shape index (κ2) is 67.9. The van der Waals surface area contributed by atoms with Crippen molar-refractivity contribution in [2.24, 2.45) is 11.8 Å². The summed E-state index contributed by atoms with van der Waals surface area (Å²) in [5, 5.41) is 10.6. The van der Waals surface area contributed by atoms with E-state index in [1.54, 1.807) is 0 Å². The van der Waals surface area contributed by atoms with Crippen molar-refractivity contribution < 1.29 is 80.2 Å². The molecule has 0 saturated heterocycles. The molecule has 0 aliphatic rings. The second-order valence-corrected chi connectivity index (χ2v) is 31.0. The van der Waals surface area contributed by atoms with Crippen LogP contribution in [-0.4, -0.2) is 96.7 Å². The van der Waals surface area contributed by atoms with Gasteiger partial charge in [0.2, 0.25) is 0 Å². The molecule has 0 aromatic carbocycles. The van der Waals surface area contributed by atoms with Gasteiger partial charge in [-0.15, -0.1) is 0 Å². The van der Waals surface area contributed by atoms with E-state index in [4.69, 9.17) is 37.0 Å². The monoisotopic (exact) mass is 1400 g/mol. The molecule has 0 rings (SSSR count). The van der Waals surface area contributed by atoms with Gasteiger partial charge in [-0.25, -0.2) is 9.13 Å². The van der Waals surface area contributed by atoms with E-state index in [-0.39, 0.29) is 25.7 Å². The lowest BCUT2D eigenvalue weighted by atomic mass is 10.00. The number of hydrogen-bond acceptors (Lipinski definition) is 15. The molecule has 0 bridgehead atoms. The fraction of sp³-hybridized carbons (Fsp3) is 0.947. The van der Waals surface area contributed by atoms with E-state index >= 15 is 0 Å². The van der Waals surface area contributed by atoms with E-state index in [9.17, 15) is 43.2 Å². The smallest absolute Gasteiger partial charge is 0.462 e. The molecule has 0 aromatic rings. The number of phosphoric acid groups is 2. The Morgan fingerprint density at radius 1 is 0.305 bits per heavy atom. The predicted octanol–water partition coefficient (Wildman–Crippen LogP) is 22.3. The first-order valence-electron chi connectivity index (χ1n) is 39.5.